The Balaban J connectivity index is 1.37. The second-order valence-electron chi connectivity index (χ2n) is 7.60. The van der Waals surface area contributed by atoms with E-state index in [2.05, 4.69) is 0 Å². The van der Waals surface area contributed by atoms with Gasteiger partial charge < -0.3 is 14.0 Å². The lowest BCUT2D eigenvalue weighted by molar-refractivity contribution is 0.0889. The summed E-state index contributed by atoms with van der Waals surface area (Å²) in [5, 5.41) is 1.75. The van der Waals surface area contributed by atoms with Gasteiger partial charge in [0.2, 0.25) is 0 Å². The molecule has 0 amide bonds. The lowest BCUT2D eigenvalue weighted by atomic mass is 10.2. The van der Waals surface area contributed by atoms with Crippen LogP contribution < -0.4 is 15.3 Å². The van der Waals surface area contributed by atoms with Gasteiger partial charge in [-0.1, -0.05) is 103 Å². The molecule has 0 aliphatic heterocycles. The van der Waals surface area contributed by atoms with E-state index in [0.29, 0.717) is 26.0 Å². The van der Waals surface area contributed by atoms with Crippen molar-refractivity contribution < 1.29 is 14.0 Å². The molecule has 0 heterocycles. The molecule has 4 heteroatoms. The summed E-state index contributed by atoms with van der Waals surface area (Å²) >= 11 is 0. The average molecular weight is 442 g/mol. The molecule has 4 aromatic carbocycles. The number of benzene rings is 4. The number of hydrogen-bond donors (Lipinski definition) is 0. The molecule has 0 spiro atoms. The van der Waals surface area contributed by atoms with Crippen LogP contribution >= 0.6 is 7.14 Å². The minimum Gasteiger partial charge on any atom is -0.491 e. The molecule has 32 heavy (non-hydrogen) atoms. The molecule has 0 N–H and O–H groups in total. The average Bonchev–Trinajstić information content (AvgIpc) is 2.86. The Morgan fingerprint density at radius 2 is 1.09 bits per heavy atom. The van der Waals surface area contributed by atoms with Gasteiger partial charge in [-0.25, -0.2) is 0 Å². The Morgan fingerprint density at radius 1 is 0.562 bits per heavy atom. The minimum absolute atomic E-state index is 0.474. The van der Waals surface area contributed by atoms with Gasteiger partial charge in [0.1, 0.15) is 19.5 Å². The molecular weight excluding hydrogens is 415 g/mol. The molecule has 0 bridgehead atoms. The topological polar surface area (TPSA) is 35.5 Å². The van der Waals surface area contributed by atoms with E-state index in [-0.39, 0.29) is 0 Å². The van der Waals surface area contributed by atoms with Crippen LogP contribution in [-0.2, 0) is 22.1 Å². The van der Waals surface area contributed by atoms with E-state index in [9.17, 15) is 4.57 Å². The fraction of sp³-hybridized carbons (Fsp3) is 0.143. The molecule has 0 saturated heterocycles. The molecule has 0 unspecified atom stereocenters. The van der Waals surface area contributed by atoms with Gasteiger partial charge in [0.15, 0.2) is 0 Å². The highest BCUT2D eigenvalue weighted by Crippen LogP contribution is 2.46. The van der Waals surface area contributed by atoms with E-state index in [0.717, 1.165) is 27.5 Å². The maximum Gasteiger partial charge on any atom is 0.147 e. The van der Waals surface area contributed by atoms with Gasteiger partial charge >= 0.3 is 0 Å². The Kier molecular flexibility index (Phi) is 7.55. The fourth-order valence-electron chi connectivity index (χ4n) is 3.60. The molecule has 0 aromatic heterocycles. The van der Waals surface area contributed by atoms with Crippen LogP contribution in [0.15, 0.2) is 115 Å². The maximum absolute atomic E-state index is 14.2. The van der Waals surface area contributed by atoms with Gasteiger partial charge in [-0.3, -0.25) is 0 Å². The van der Waals surface area contributed by atoms with Crippen molar-refractivity contribution in [1.29, 1.82) is 0 Å². The second kappa shape index (κ2) is 10.9. The first-order valence-corrected chi connectivity index (χ1v) is 12.7. The van der Waals surface area contributed by atoms with Gasteiger partial charge in [0.05, 0.1) is 13.2 Å². The van der Waals surface area contributed by atoms with Crippen LogP contribution in [0.3, 0.4) is 0 Å². The molecular formula is C28H27O3P. The molecule has 3 nitrogen and oxygen atoms in total. The predicted molar refractivity (Wildman–Crippen MR) is 131 cm³/mol. The smallest absolute Gasteiger partial charge is 0.147 e. The highest BCUT2D eigenvalue weighted by molar-refractivity contribution is 7.78. The summed E-state index contributed by atoms with van der Waals surface area (Å²) in [6.45, 7) is 1.59. The summed E-state index contributed by atoms with van der Waals surface area (Å²) in [6, 6.07) is 37.5. The quantitative estimate of drug-likeness (QED) is 0.230. The lowest BCUT2D eigenvalue weighted by Gasteiger charge is -2.19. The summed E-state index contributed by atoms with van der Waals surface area (Å²) in [5.41, 5.74) is 2.17. The third kappa shape index (κ3) is 5.76. The van der Waals surface area contributed by atoms with E-state index in [1.165, 1.54) is 0 Å². The van der Waals surface area contributed by atoms with Crippen molar-refractivity contribution in [2.45, 2.75) is 12.8 Å². The van der Waals surface area contributed by atoms with Crippen molar-refractivity contribution in [3.63, 3.8) is 0 Å². The van der Waals surface area contributed by atoms with Gasteiger partial charge in [-0.2, -0.15) is 0 Å². The molecule has 0 aliphatic rings. The van der Waals surface area contributed by atoms with E-state index in [1.54, 1.807) is 0 Å². The second-order valence-corrected chi connectivity index (χ2v) is 10.4. The number of rotatable bonds is 10. The van der Waals surface area contributed by atoms with Gasteiger partial charge in [-0.15, -0.1) is 0 Å². The van der Waals surface area contributed by atoms with Crippen LogP contribution in [0, 0.1) is 0 Å². The Labute approximate surface area is 190 Å². The van der Waals surface area contributed by atoms with Gasteiger partial charge in [0, 0.05) is 16.8 Å². The Hall–Kier alpha value is -3.13. The van der Waals surface area contributed by atoms with Crippen molar-refractivity contribution >= 4 is 17.8 Å². The van der Waals surface area contributed by atoms with Crippen molar-refractivity contribution in [2.75, 3.05) is 13.2 Å². The van der Waals surface area contributed by atoms with Crippen LogP contribution in [-0.4, -0.2) is 13.2 Å². The molecule has 0 radical (unpaired) electrons. The zero-order chi connectivity index (χ0) is 22.1. The van der Waals surface area contributed by atoms with E-state index in [4.69, 9.17) is 9.47 Å². The number of ether oxygens (including phenoxy) is 2. The highest BCUT2D eigenvalue weighted by Gasteiger charge is 2.27. The van der Waals surface area contributed by atoms with E-state index in [1.807, 2.05) is 115 Å². The van der Waals surface area contributed by atoms with Crippen LogP contribution in [0.2, 0.25) is 0 Å². The first-order chi connectivity index (χ1) is 15.7. The summed E-state index contributed by atoms with van der Waals surface area (Å²) in [5.74, 6) is 0.784. The zero-order valence-corrected chi connectivity index (χ0v) is 18.9. The molecule has 0 fully saturated rings. The minimum atomic E-state index is -2.78. The molecule has 0 atom stereocenters. The third-order valence-electron chi connectivity index (χ3n) is 5.28. The van der Waals surface area contributed by atoms with Crippen LogP contribution in [0.25, 0.3) is 0 Å². The van der Waals surface area contributed by atoms with Crippen molar-refractivity contribution in [2.24, 2.45) is 0 Å². The number of hydrogen-bond acceptors (Lipinski definition) is 3. The van der Waals surface area contributed by atoms with Crippen LogP contribution in [0.4, 0.5) is 0 Å². The summed E-state index contributed by atoms with van der Waals surface area (Å²) in [4.78, 5) is 0. The first-order valence-electron chi connectivity index (χ1n) is 10.8. The normalized spacial score (nSPS) is 11.2. The molecule has 162 valence electrons. The highest BCUT2D eigenvalue weighted by atomic mass is 31.2. The van der Waals surface area contributed by atoms with Gasteiger partial charge in [-0.05, 0) is 23.3 Å². The summed E-state index contributed by atoms with van der Waals surface area (Å²) in [7, 11) is -2.78. The van der Waals surface area contributed by atoms with E-state index < -0.39 is 7.14 Å². The van der Waals surface area contributed by atoms with Crippen LogP contribution in [0.5, 0.6) is 5.75 Å². The molecule has 0 aliphatic carbocycles. The molecule has 4 rings (SSSR count). The fourth-order valence-corrected chi connectivity index (χ4v) is 6.30. The van der Waals surface area contributed by atoms with E-state index >= 15 is 0 Å². The first kappa shape index (κ1) is 22.1. The summed E-state index contributed by atoms with van der Waals surface area (Å²) < 4.78 is 25.7. The standard InChI is InChI=1S/C28H27O3P/c29-32(27-12-6-2-7-13-27,28-14-8-3-9-15-28)23-25-16-18-26(19-17-25)31-21-20-30-22-24-10-4-1-5-11-24/h1-19H,20-23H2. The Bertz CT molecular complexity index is 1080. The zero-order valence-electron chi connectivity index (χ0n) is 18.0. The largest absolute Gasteiger partial charge is 0.491 e. The molecule has 0 saturated carbocycles. The SMILES string of the molecule is O=P(Cc1ccc(OCCOCc2ccccc2)cc1)(c1ccccc1)c1ccccc1. The summed E-state index contributed by atoms with van der Waals surface area (Å²) in [6.07, 6.45) is 0.474. The Morgan fingerprint density at radius 3 is 1.66 bits per heavy atom. The monoisotopic (exact) mass is 442 g/mol. The van der Waals surface area contributed by atoms with Crippen molar-refractivity contribution in [3.05, 3.63) is 126 Å². The van der Waals surface area contributed by atoms with Gasteiger partial charge in [0.25, 0.3) is 0 Å². The van der Waals surface area contributed by atoms with Crippen LogP contribution in [0.1, 0.15) is 11.1 Å². The predicted octanol–water partition coefficient (Wildman–Crippen LogP) is 5.80. The lowest BCUT2D eigenvalue weighted by Crippen LogP contribution is -2.17. The van der Waals surface area contributed by atoms with Crippen molar-refractivity contribution in [3.8, 4) is 5.75 Å². The molecule has 4 aromatic rings. The third-order valence-corrected chi connectivity index (χ3v) is 8.36. The maximum atomic E-state index is 14.2. The van der Waals surface area contributed by atoms with Crippen molar-refractivity contribution in [1.82, 2.24) is 0 Å².